The Morgan fingerprint density at radius 3 is 2.76 bits per heavy atom. The van der Waals surface area contributed by atoms with E-state index in [0.717, 1.165) is 27.9 Å². The molecule has 4 rings (SSSR count). The second kappa shape index (κ2) is 7.71. The van der Waals surface area contributed by atoms with Crippen molar-refractivity contribution in [2.45, 2.75) is 20.3 Å². The molecule has 0 radical (unpaired) electrons. The fourth-order valence-electron chi connectivity index (χ4n) is 3.26. The number of nitrogens with zero attached hydrogens (tertiary/aromatic N) is 4. The molecule has 3 aromatic heterocycles. The van der Waals surface area contributed by atoms with Gasteiger partial charge in [-0.25, -0.2) is 4.52 Å². The first kappa shape index (κ1) is 18.6. The Labute approximate surface area is 168 Å². The highest BCUT2D eigenvalue weighted by Gasteiger charge is 2.11. The molecule has 0 bridgehead atoms. The Bertz CT molecular complexity index is 1200. The Balaban J connectivity index is 1.48. The van der Waals surface area contributed by atoms with Crippen LogP contribution in [0.1, 0.15) is 16.8 Å². The molecule has 1 aromatic carbocycles. The van der Waals surface area contributed by atoms with Crippen LogP contribution in [0, 0.1) is 13.8 Å². The van der Waals surface area contributed by atoms with Crippen LogP contribution in [0.4, 0.5) is 5.95 Å². The minimum absolute atomic E-state index is 0.167. The topological polar surface area (TPSA) is 81.4 Å². The highest BCUT2D eigenvalue weighted by molar-refractivity contribution is 5.91. The molecule has 0 saturated carbocycles. The molecule has 0 fully saturated rings. The number of aryl methyl sites for hydroxylation is 2. The maximum Gasteiger partial charge on any atom is 0.249 e. The average molecular weight is 387 g/mol. The van der Waals surface area contributed by atoms with Gasteiger partial charge in [-0.2, -0.15) is 4.98 Å². The number of carbonyl (C=O) groups is 1. The molecule has 0 spiro atoms. The minimum Gasteiger partial charge on any atom is -0.495 e. The van der Waals surface area contributed by atoms with E-state index in [-0.39, 0.29) is 18.3 Å². The first-order valence-corrected chi connectivity index (χ1v) is 9.24. The number of amides is 1. The van der Waals surface area contributed by atoms with Crippen LogP contribution in [0.3, 0.4) is 0 Å². The highest BCUT2D eigenvalue weighted by Crippen LogP contribution is 2.24. The summed E-state index contributed by atoms with van der Waals surface area (Å²) in [5.74, 6) is 0.767. The van der Waals surface area contributed by atoms with E-state index < -0.39 is 0 Å². The monoisotopic (exact) mass is 387 g/mol. The van der Waals surface area contributed by atoms with Gasteiger partial charge in [-0.1, -0.05) is 18.2 Å². The molecular formula is C22H21N5O2. The van der Waals surface area contributed by atoms with E-state index in [9.17, 15) is 4.79 Å². The van der Waals surface area contributed by atoms with Crippen molar-refractivity contribution in [3.8, 4) is 16.9 Å². The standard InChI is InChI=1S/C22H21N5O2/c1-14-10-16(4-6-19(14)17-8-9-23-15(2)11-17)12-21(28)25-22-24-20-7-5-18(29-3)13-27(20)26-22/h4-11,13H,12H2,1-3H3,(H,25,26,28). The lowest BCUT2D eigenvalue weighted by molar-refractivity contribution is -0.115. The quantitative estimate of drug-likeness (QED) is 0.566. The predicted octanol–water partition coefficient (Wildman–Crippen LogP) is 3.60. The minimum atomic E-state index is -0.167. The zero-order valence-electron chi connectivity index (χ0n) is 16.5. The summed E-state index contributed by atoms with van der Waals surface area (Å²) in [5.41, 5.74) is 5.90. The van der Waals surface area contributed by atoms with Gasteiger partial charge in [-0.3, -0.25) is 15.1 Å². The van der Waals surface area contributed by atoms with Crippen LogP contribution in [0.2, 0.25) is 0 Å². The summed E-state index contributed by atoms with van der Waals surface area (Å²) in [6.45, 7) is 4.02. The van der Waals surface area contributed by atoms with Crippen molar-refractivity contribution in [2.75, 3.05) is 12.4 Å². The summed E-state index contributed by atoms with van der Waals surface area (Å²) in [6, 6.07) is 13.7. The number of pyridine rings is 2. The van der Waals surface area contributed by atoms with E-state index in [1.165, 1.54) is 0 Å². The van der Waals surface area contributed by atoms with E-state index >= 15 is 0 Å². The summed E-state index contributed by atoms with van der Waals surface area (Å²) < 4.78 is 6.74. The molecule has 1 N–H and O–H groups in total. The third-order valence-corrected chi connectivity index (χ3v) is 4.65. The van der Waals surface area contributed by atoms with Gasteiger partial charge in [-0.15, -0.1) is 5.10 Å². The van der Waals surface area contributed by atoms with E-state index in [1.807, 2.05) is 44.3 Å². The van der Waals surface area contributed by atoms with Gasteiger partial charge >= 0.3 is 0 Å². The lowest BCUT2D eigenvalue weighted by Crippen LogP contribution is -2.15. The summed E-state index contributed by atoms with van der Waals surface area (Å²) in [4.78, 5) is 21.0. The number of ether oxygens (including phenoxy) is 1. The van der Waals surface area contributed by atoms with Crippen LogP contribution in [-0.4, -0.2) is 32.6 Å². The first-order chi connectivity index (χ1) is 14.0. The number of hydrogen-bond donors (Lipinski definition) is 1. The van der Waals surface area contributed by atoms with Gasteiger partial charge in [0.1, 0.15) is 5.75 Å². The number of rotatable bonds is 5. The lowest BCUT2D eigenvalue weighted by atomic mass is 9.97. The summed E-state index contributed by atoms with van der Waals surface area (Å²) in [5, 5.41) is 7.03. The third-order valence-electron chi connectivity index (χ3n) is 4.65. The van der Waals surface area contributed by atoms with Crippen LogP contribution in [0.25, 0.3) is 16.8 Å². The summed E-state index contributed by atoms with van der Waals surface area (Å²) in [7, 11) is 1.59. The Morgan fingerprint density at radius 2 is 2.00 bits per heavy atom. The zero-order chi connectivity index (χ0) is 20.4. The van der Waals surface area contributed by atoms with E-state index in [0.29, 0.717) is 11.4 Å². The van der Waals surface area contributed by atoms with Crippen molar-refractivity contribution in [3.05, 3.63) is 71.7 Å². The van der Waals surface area contributed by atoms with E-state index in [1.54, 1.807) is 30.0 Å². The molecule has 0 aliphatic heterocycles. The highest BCUT2D eigenvalue weighted by atomic mass is 16.5. The number of fused-ring (bicyclic) bond motifs is 1. The van der Waals surface area contributed by atoms with Gasteiger partial charge < -0.3 is 4.74 Å². The molecule has 7 nitrogen and oxygen atoms in total. The number of aromatic nitrogens is 4. The molecule has 0 unspecified atom stereocenters. The van der Waals surface area contributed by atoms with Crippen molar-refractivity contribution in [1.29, 1.82) is 0 Å². The van der Waals surface area contributed by atoms with Crippen molar-refractivity contribution >= 4 is 17.5 Å². The largest absolute Gasteiger partial charge is 0.495 e. The third kappa shape index (κ3) is 4.08. The normalized spacial score (nSPS) is 10.9. The van der Waals surface area contributed by atoms with Gasteiger partial charge in [-0.05, 0) is 60.4 Å². The Morgan fingerprint density at radius 1 is 1.14 bits per heavy atom. The van der Waals surface area contributed by atoms with Crippen molar-refractivity contribution in [2.24, 2.45) is 0 Å². The van der Waals surface area contributed by atoms with Gasteiger partial charge in [0.15, 0.2) is 5.65 Å². The molecule has 0 aliphatic rings. The SMILES string of the molecule is COc1ccc2nc(NC(=O)Cc3ccc(-c4ccnc(C)c4)c(C)c3)nn2c1. The summed E-state index contributed by atoms with van der Waals surface area (Å²) in [6.07, 6.45) is 3.76. The first-order valence-electron chi connectivity index (χ1n) is 9.24. The van der Waals surface area contributed by atoms with Crippen LogP contribution in [0.15, 0.2) is 54.9 Å². The fourth-order valence-corrected chi connectivity index (χ4v) is 3.26. The second-order valence-corrected chi connectivity index (χ2v) is 6.87. The van der Waals surface area contributed by atoms with Gasteiger partial charge in [0.25, 0.3) is 0 Å². The number of anilines is 1. The molecule has 7 heteroatoms. The van der Waals surface area contributed by atoms with Crippen LogP contribution in [0.5, 0.6) is 5.75 Å². The van der Waals surface area contributed by atoms with Crippen molar-refractivity contribution < 1.29 is 9.53 Å². The Hall–Kier alpha value is -3.74. The number of methoxy groups -OCH3 is 1. The van der Waals surface area contributed by atoms with Crippen LogP contribution < -0.4 is 10.1 Å². The fraction of sp³-hybridized carbons (Fsp3) is 0.182. The van der Waals surface area contributed by atoms with E-state index in [2.05, 4.69) is 26.4 Å². The van der Waals surface area contributed by atoms with Gasteiger partial charge in [0, 0.05) is 11.9 Å². The molecule has 3 heterocycles. The molecule has 4 aromatic rings. The van der Waals surface area contributed by atoms with Crippen LogP contribution in [-0.2, 0) is 11.2 Å². The van der Waals surface area contributed by atoms with Crippen molar-refractivity contribution in [1.82, 2.24) is 19.6 Å². The predicted molar refractivity (Wildman–Crippen MR) is 111 cm³/mol. The molecule has 1 amide bonds. The maximum absolute atomic E-state index is 12.5. The molecule has 29 heavy (non-hydrogen) atoms. The molecule has 0 aliphatic carbocycles. The van der Waals surface area contributed by atoms with Gasteiger partial charge in [0.05, 0.1) is 19.7 Å². The number of nitrogens with one attached hydrogen (secondary N) is 1. The number of carbonyl (C=O) groups excluding carboxylic acids is 1. The molecule has 146 valence electrons. The molecular weight excluding hydrogens is 366 g/mol. The van der Waals surface area contributed by atoms with Crippen LogP contribution >= 0.6 is 0 Å². The van der Waals surface area contributed by atoms with E-state index in [4.69, 9.17) is 4.74 Å². The van der Waals surface area contributed by atoms with Gasteiger partial charge in [0.2, 0.25) is 11.9 Å². The average Bonchev–Trinajstić information content (AvgIpc) is 3.09. The lowest BCUT2D eigenvalue weighted by Gasteiger charge is -2.09. The Kier molecular flexibility index (Phi) is 4.95. The molecule has 0 atom stereocenters. The smallest absolute Gasteiger partial charge is 0.249 e. The molecule has 0 saturated heterocycles. The summed E-state index contributed by atoms with van der Waals surface area (Å²) >= 11 is 0. The number of hydrogen-bond acceptors (Lipinski definition) is 5. The number of benzene rings is 1. The maximum atomic E-state index is 12.5. The zero-order valence-corrected chi connectivity index (χ0v) is 16.5. The second-order valence-electron chi connectivity index (χ2n) is 6.87. The van der Waals surface area contributed by atoms with Crippen molar-refractivity contribution in [3.63, 3.8) is 0 Å².